The number of pyridine rings is 1. The zero-order valence-electron chi connectivity index (χ0n) is 24.5. The number of nitrogens with zero attached hydrogens (tertiary/aromatic N) is 5. The Bertz CT molecular complexity index is 1630. The Kier molecular flexibility index (Phi) is 9.34. The van der Waals surface area contributed by atoms with Crippen LogP contribution in [0.5, 0.6) is 0 Å². The molecule has 11 heteroatoms. The second-order valence-electron chi connectivity index (χ2n) is 10.9. The van der Waals surface area contributed by atoms with Gasteiger partial charge in [-0.05, 0) is 49.8 Å². The van der Waals surface area contributed by atoms with Crippen LogP contribution in [0.3, 0.4) is 0 Å². The first-order valence-electron chi connectivity index (χ1n) is 14.4. The molecule has 1 aromatic carbocycles. The highest BCUT2D eigenvalue weighted by Gasteiger charge is 2.37. The lowest BCUT2D eigenvalue weighted by Gasteiger charge is -2.33. The fourth-order valence-electron chi connectivity index (χ4n) is 5.22. The molecule has 0 spiro atoms. The van der Waals surface area contributed by atoms with Crippen molar-refractivity contribution in [3.8, 4) is 16.9 Å². The van der Waals surface area contributed by atoms with E-state index >= 15 is 0 Å². The van der Waals surface area contributed by atoms with Gasteiger partial charge in [0.05, 0.1) is 17.6 Å². The topological polar surface area (TPSA) is 100 Å². The van der Waals surface area contributed by atoms with Gasteiger partial charge in [-0.3, -0.25) is 9.78 Å². The number of carbonyl (C=O) groups is 1. The first-order chi connectivity index (χ1) is 20.6. The Balaban J connectivity index is 1.30. The summed E-state index contributed by atoms with van der Waals surface area (Å²) >= 11 is 0. The molecule has 1 saturated carbocycles. The maximum atomic E-state index is 13.6. The molecule has 3 heterocycles. The van der Waals surface area contributed by atoms with Crippen LogP contribution in [0.25, 0.3) is 16.9 Å². The summed E-state index contributed by atoms with van der Waals surface area (Å²) in [6.45, 7) is 7.62. The molecule has 2 fully saturated rings. The first kappa shape index (κ1) is 30.5. The fraction of sp³-hybridized carbons (Fsp3) is 0.344. The normalized spacial score (nSPS) is 19.6. The van der Waals surface area contributed by atoms with Crippen LogP contribution in [-0.4, -0.2) is 83.3 Å². The molecular formula is C32H37FN6O3S. The Morgan fingerprint density at radius 3 is 2.53 bits per heavy atom. The van der Waals surface area contributed by atoms with E-state index < -0.39 is 10.0 Å². The molecule has 1 aliphatic heterocycles. The van der Waals surface area contributed by atoms with Gasteiger partial charge in [-0.2, -0.15) is 9.40 Å². The lowest BCUT2D eigenvalue weighted by atomic mass is 10.1. The van der Waals surface area contributed by atoms with Crippen molar-refractivity contribution in [2.45, 2.75) is 25.8 Å². The second kappa shape index (κ2) is 13.2. The van der Waals surface area contributed by atoms with E-state index in [1.165, 1.54) is 22.7 Å². The van der Waals surface area contributed by atoms with Crippen LogP contribution in [0.4, 0.5) is 4.39 Å². The number of carbonyl (C=O) groups excluding carboxylic acids is 1. The van der Waals surface area contributed by atoms with Crippen LogP contribution in [0.1, 0.15) is 29.4 Å². The SMILES string of the molecule is C=C(/C=C\C(F)=C/C)[C@@H]1C[C@H]1NCCc1cc(C(=O)N2CCN(S(C)(=O)=O)CC2)cc(-c2ccc(-n3cccn3)cc2)n1. The van der Waals surface area contributed by atoms with Gasteiger partial charge < -0.3 is 10.2 Å². The first-order valence-corrected chi connectivity index (χ1v) is 16.2. The molecule has 2 aliphatic rings. The largest absolute Gasteiger partial charge is 0.336 e. The van der Waals surface area contributed by atoms with Crippen molar-refractivity contribution >= 4 is 15.9 Å². The predicted octanol–water partition coefficient (Wildman–Crippen LogP) is 4.16. The number of hydrogen-bond acceptors (Lipinski definition) is 6. The smallest absolute Gasteiger partial charge is 0.254 e. The molecule has 5 rings (SSSR count). The van der Waals surface area contributed by atoms with Crippen LogP contribution in [0, 0.1) is 5.92 Å². The summed E-state index contributed by atoms with van der Waals surface area (Å²) in [6, 6.07) is 13.6. The van der Waals surface area contributed by atoms with E-state index in [1.54, 1.807) is 28.8 Å². The standard InChI is InChI=1S/C32H37FN6O3S/c1-4-26(33)9-6-23(2)29-22-31(29)34-14-12-27-20-25(32(40)37-16-18-38(19-17-37)43(3,41)42)21-30(36-27)24-7-10-28(11-8-24)39-15-5-13-35-39/h4-11,13,15,20-21,29,31,34H,2,12,14,16-19,22H2,1,3H3/b9-6-,26-4+/t29-,31+/m0/s1. The van der Waals surface area contributed by atoms with E-state index in [4.69, 9.17) is 4.98 Å². The average molecular weight is 605 g/mol. The molecule has 0 unspecified atom stereocenters. The number of halogens is 1. The predicted molar refractivity (Wildman–Crippen MR) is 166 cm³/mol. The molecule has 226 valence electrons. The summed E-state index contributed by atoms with van der Waals surface area (Å²) in [5.41, 5.74) is 4.69. The zero-order chi connectivity index (χ0) is 30.6. The Morgan fingerprint density at radius 1 is 1.14 bits per heavy atom. The number of nitrogens with one attached hydrogen (secondary N) is 1. The van der Waals surface area contributed by atoms with E-state index in [1.807, 2.05) is 48.7 Å². The van der Waals surface area contributed by atoms with Gasteiger partial charge >= 0.3 is 0 Å². The Morgan fingerprint density at radius 2 is 1.88 bits per heavy atom. The molecule has 43 heavy (non-hydrogen) atoms. The number of amides is 1. The van der Waals surface area contributed by atoms with Gasteiger partial charge in [0.1, 0.15) is 5.83 Å². The molecule has 1 amide bonds. The summed E-state index contributed by atoms with van der Waals surface area (Å²) in [5, 5.41) is 7.82. The highest BCUT2D eigenvalue weighted by atomic mass is 32.2. The molecule has 2 atom stereocenters. The number of piperazine rings is 1. The minimum absolute atomic E-state index is 0.141. The minimum atomic E-state index is -3.30. The van der Waals surface area contributed by atoms with Crippen LogP contribution >= 0.6 is 0 Å². The monoisotopic (exact) mass is 604 g/mol. The number of aromatic nitrogens is 3. The van der Waals surface area contributed by atoms with E-state index in [9.17, 15) is 17.6 Å². The van der Waals surface area contributed by atoms with E-state index in [0.29, 0.717) is 37.3 Å². The van der Waals surface area contributed by atoms with Gasteiger partial charge in [0.15, 0.2) is 0 Å². The molecule has 0 bridgehead atoms. The number of benzene rings is 1. The zero-order valence-corrected chi connectivity index (χ0v) is 25.3. The molecule has 2 aromatic heterocycles. The van der Waals surface area contributed by atoms with Crippen molar-refractivity contribution < 1.29 is 17.6 Å². The number of hydrogen-bond donors (Lipinski definition) is 1. The molecule has 1 N–H and O–H groups in total. The van der Waals surface area contributed by atoms with Gasteiger partial charge in [-0.25, -0.2) is 17.5 Å². The van der Waals surface area contributed by atoms with Gasteiger partial charge in [0.2, 0.25) is 10.0 Å². The van der Waals surface area contributed by atoms with Crippen LogP contribution < -0.4 is 5.32 Å². The molecule has 9 nitrogen and oxygen atoms in total. The van der Waals surface area contributed by atoms with Gasteiger partial charge in [-0.1, -0.05) is 36.4 Å². The highest BCUT2D eigenvalue weighted by molar-refractivity contribution is 7.88. The maximum absolute atomic E-state index is 13.6. The molecule has 0 radical (unpaired) electrons. The average Bonchev–Trinajstić information content (AvgIpc) is 3.57. The van der Waals surface area contributed by atoms with Crippen LogP contribution in [0.15, 0.2) is 91.1 Å². The third-order valence-electron chi connectivity index (χ3n) is 7.84. The second-order valence-corrected chi connectivity index (χ2v) is 12.9. The van der Waals surface area contributed by atoms with Crippen LogP contribution in [-0.2, 0) is 16.4 Å². The van der Waals surface area contributed by atoms with Crippen molar-refractivity contribution in [2.24, 2.45) is 5.92 Å². The Labute approximate surface area is 252 Å². The maximum Gasteiger partial charge on any atom is 0.254 e. The highest BCUT2D eigenvalue weighted by Crippen LogP contribution is 2.37. The third-order valence-corrected chi connectivity index (χ3v) is 9.14. The number of sulfonamides is 1. The number of rotatable bonds is 11. The quantitative estimate of drug-likeness (QED) is 0.330. The Hall–Kier alpha value is -3.93. The lowest BCUT2D eigenvalue weighted by Crippen LogP contribution is -2.50. The summed E-state index contributed by atoms with van der Waals surface area (Å²) in [4.78, 5) is 20.2. The van der Waals surface area contributed by atoms with Crippen LogP contribution in [0.2, 0.25) is 0 Å². The lowest BCUT2D eigenvalue weighted by molar-refractivity contribution is 0.0698. The van der Waals surface area contributed by atoms with Gasteiger partial charge in [-0.15, -0.1) is 0 Å². The van der Waals surface area contributed by atoms with Crippen molar-refractivity contribution in [1.29, 1.82) is 0 Å². The minimum Gasteiger partial charge on any atom is -0.336 e. The van der Waals surface area contributed by atoms with E-state index in [-0.39, 0.29) is 36.8 Å². The number of allylic oxidation sites excluding steroid dienone is 4. The summed E-state index contributed by atoms with van der Waals surface area (Å²) < 4.78 is 40.5. The van der Waals surface area contributed by atoms with E-state index in [0.717, 1.165) is 28.9 Å². The van der Waals surface area contributed by atoms with E-state index in [2.05, 4.69) is 17.0 Å². The third kappa shape index (κ3) is 7.73. The van der Waals surface area contributed by atoms with Crippen molar-refractivity contribution in [3.63, 3.8) is 0 Å². The molecule has 1 saturated heterocycles. The fourth-order valence-corrected chi connectivity index (χ4v) is 6.05. The molecular weight excluding hydrogens is 567 g/mol. The summed E-state index contributed by atoms with van der Waals surface area (Å²) in [5.74, 6) is -0.148. The van der Waals surface area contributed by atoms with Gasteiger partial charge in [0, 0.05) is 80.3 Å². The van der Waals surface area contributed by atoms with Gasteiger partial charge in [0.25, 0.3) is 5.91 Å². The van der Waals surface area contributed by atoms with Crippen molar-refractivity contribution in [2.75, 3.05) is 39.0 Å². The summed E-state index contributed by atoms with van der Waals surface area (Å²) in [7, 11) is -3.30. The summed E-state index contributed by atoms with van der Waals surface area (Å²) in [6.07, 6.45) is 10.9. The van der Waals surface area contributed by atoms with Crippen molar-refractivity contribution in [1.82, 2.24) is 29.3 Å². The molecule has 3 aromatic rings. The van der Waals surface area contributed by atoms with Crippen molar-refractivity contribution in [3.05, 3.63) is 102 Å². The molecule has 1 aliphatic carbocycles.